The van der Waals surface area contributed by atoms with Crippen LogP contribution >= 0.6 is 11.3 Å². The maximum absolute atomic E-state index is 14.5. The zero-order valence-corrected chi connectivity index (χ0v) is 29.2. The average Bonchev–Trinajstić information content (AvgIpc) is 3.60. The number of rotatable bonds is 8. The molecule has 2 aromatic heterocycles. The molecule has 50 heavy (non-hydrogen) atoms. The van der Waals surface area contributed by atoms with Crippen LogP contribution in [0.4, 0.5) is 5.69 Å². The molecule has 1 aliphatic rings. The highest BCUT2D eigenvalue weighted by atomic mass is 32.1. The molecule has 0 unspecified atom stereocenters. The molecule has 9 heteroatoms. The first-order valence-electron chi connectivity index (χ1n) is 16.2. The molecule has 6 aromatic rings. The Labute approximate surface area is 293 Å². The number of thiazole rings is 1. The van der Waals surface area contributed by atoms with E-state index >= 15 is 0 Å². The first-order valence-corrected chi connectivity index (χ1v) is 17.0. The van der Waals surface area contributed by atoms with Gasteiger partial charge in [-0.2, -0.15) is 0 Å². The summed E-state index contributed by atoms with van der Waals surface area (Å²) in [7, 11) is 3.14. The second-order valence-electron chi connectivity index (χ2n) is 12.1. The molecule has 250 valence electrons. The number of fused-ring (bicyclic) bond motifs is 1. The molecule has 0 saturated heterocycles. The van der Waals surface area contributed by atoms with Gasteiger partial charge in [0.05, 0.1) is 30.0 Å². The topological polar surface area (TPSA) is 86.9 Å². The molecule has 1 aliphatic heterocycles. The number of hydrogen-bond acceptors (Lipinski definition) is 6. The molecular formula is C41H36N4O4S. The van der Waals surface area contributed by atoms with Crippen molar-refractivity contribution in [3.05, 3.63) is 163 Å². The number of para-hydroxylation sites is 1. The van der Waals surface area contributed by atoms with Crippen LogP contribution in [-0.4, -0.2) is 29.3 Å². The zero-order valence-electron chi connectivity index (χ0n) is 28.4. The van der Waals surface area contributed by atoms with E-state index in [4.69, 9.17) is 14.5 Å². The van der Waals surface area contributed by atoms with Crippen molar-refractivity contribution in [2.75, 3.05) is 19.5 Å². The van der Waals surface area contributed by atoms with Crippen molar-refractivity contribution in [1.82, 2.24) is 9.13 Å². The lowest BCUT2D eigenvalue weighted by atomic mass is 9.94. The number of methoxy groups -OCH3 is 2. The third-order valence-corrected chi connectivity index (χ3v) is 10.0. The number of carbonyl (C=O) groups excluding carboxylic acids is 1. The summed E-state index contributed by atoms with van der Waals surface area (Å²) in [4.78, 5) is 33.8. The number of aromatic nitrogens is 2. The van der Waals surface area contributed by atoms with Gasteiger partial charge in [-0.15, -0.1) is 0 Å². The lowest BCUT2D eigenvalue weighted by Gasteiger charge is -2.26. The normalized spacial score (nSPS) is 14.3. The van der Waals surface area contributed by atoms with E-state index in [-0.39, 0.29) is 11.5 Å². The Hall–Kier alpha value is -5.93. The standard InChI is InChI=1S/C41H36N4O4S/c1-25-22-30(27(3)44(25)32-18-16-29(17-19-32)28-12-8-6-9-13-28)23-36-40(47)45-38(34-21-20-33(48-4)24-35(34)49-5)37(26(2)42-41(45)50-36)39(46)43-31-14-10-7-11-15-31/h6-24,38H,1-5H3,(H,43,46)/b36-23-/t38-/m0/s1. The molecule has 0 spiro atoms. The number of anilines is 1. The molecule has 0 fully saturated rings. The maximum Gasteiger partial charge on any atom is 0.271 e. The molecular weight excluding hydrogens is 645 g/mol. The van der Waals surface area contributed by atoms with Gasteiger partial charge in [0.25, 0.3) is 11.5 Å². The van der Waals surface area contributed by atoms with Crippen LogP contribution in [0.15, 0.2) is 130 Å². The van der Waals surface area contributed by atoms with Crippen molar-refractivity contribution in [3.8, 4) is 28.3 Å². The Morgan fingerprint density at radius 3 is 2.20 bits per heavy atom. The van der Waals surface area contributed by atoms with Gasteiger partial charge in [0.15, 0.2) is 4.80 Å². The van der Waals surface area contributed by atoms with E-state index < -0.39 is 6.04 Å². The average molecular weight is 681 g/mol. The summed E-state index contributed by atoms with van der Waals surface area (Å²) in [6.07, 6.45) is 1.92. The molecule has 3 heterocycles. The lowest BCUT2D eigenvalue weighted by molar-refractivity contribution is -0.113. The number of amides is 1. The molecule has 1 N–H and O–H groups in total. The van der Waals surface area contributed by atoms with Crippen LogP contribution in [0.3, 0.4) is 0 Å². The highest BCUT2D eigenvalue weighted by Crippen LogP contribution is 2.37. The minimum Gasteiger partial charge on any atom is -0.497 e. The first-order chi connectivity index (χ1) is 24.3. The van der Waals surface area contributed by atoms with Crippen molar-refractivity contribution in [2.45, 2.75) is 26.8 Å². The van der Waals surface area contributed by atoms with Gasteiger partial charge in [0.2, 0.25) is 0 Å². The number of allylic oxidation sites excluding steroid dienone is 1. The minimum absolute atomic E-state index is 0.244. The van der Waals surface area contributed by atoms with Crippen molar-refractivity contribution >= 4 is 29.0 Å². The summed E-state index contributed by atoms with van der Waals surface area (Å²) in [5.41, 5.74) is 8.25. The maximum atomic E-state index is 14.5. The van der Waals surface area contributed by atoms with E-state index in [0.29, 0.717) is 43.4 Å². The first kappa shape index (κ1) is 32.6. The minimum atomic E-state index is -0.798. The Bertz CT molecular complexity index is 2440. The van der Waals surface area contributed by atoms with Gasteiger partial charge in [0, 0.05) is 34.4 Å². The third kappa shape index (κ3) is 5.97. The lowest BCUT2D eigenvalue weighted by Crippen LogP contribution is -2.40. The highest BCUT2D eigenvalue weighted by Gasteiger charge is 2.34. The fraction of sp³-hybridized carbons (Fsp3) is 0.146. The quantitative estimate of drug-likeness (QED) is 0.188. The molecule has 0 radical (unpaired) electrons. The van der Waals surface area contributed by atoms with Crippen LogP contribution in [0, 0.1) is 13.8 Å². The smallest absolute Gasteiger partial charge is 0.271 e. The number of aryl methyl sites for hydroxylation is 1. The van der Waals surface area contributed by atoms with Crippen LogP contribution in [0.1, 0.15) is 35.5 Å². The fourth-order valence-electron chi connectivity index (χ4n) is 6.58. The Morgan fingerprint density at radius 1 is 0.840 bits per heavy atom. The molecule has 1 atom stereocenters. The van der Waals surface area contributed by atoms with Gasteiger partial charge in [-0.1, -0.05) is 72.0 Å². The summed E-state index contributed by atoms with van der Waals surface area (Å²) < 4.78 is 15.6. The van der Waals surface area contributed by atoms with E-state index in [1.807, 2.05) is 60.7 Å². The van der Waals surface area contributed by atoms with Crippen molar-refractivity contribution < 1.29 is 14.3 Å². The molecule has 1 amide bonds. The van der Waals surface area contributed by atoms with Crippen molar-refractivity contribution in [3.63, 3.8) is 0 Å². The molecule has 0 saturated carbocycles. The van der Waals surface area contributed by atoms with E-state index in [0.717, 1.165) is 33.8 Å². The molecule has 0 aliphatic carbocycles. The Kier molecular flexibility index (Phi) is 8.82. The Morgan fingerprint density at radius 2 is 1.52 bits per heavy atom. The van der Waals surface area contributed by atoms with E-state index in [1.54, 1.807) is 37.8 Å². The predicted octanol–water partition coefficient (Wildman–Crippen LogP) is 6.97. The predicted molar refractivity (Wildman–Crippen MR) is 199 cm³/mol. The van der Waals surface area contributed by atoms with E-state index in [2.05, 4.69) is 66.2 Å². The number of carbonyl (C=O) groups is 1. The summed E-state index contributed by atoms with van der Waals surface area (Å²) in [5.74, 6) is 0.737. The fourth-order valence-corrected chi connectivity index (χ4v) is 7.61. The SMILES string of the molecule is COc1ccc([C@H]2C(C(=O)Nc3ccccc3)=C(C)N=c3s/c(=C\c4cc(C)n(-c5ccc(-c6ccccc6)cc5)c4C)c(=O)n32)c(OC)c1. The van der Waals surface area contributed by atoms with Crippen LogP contribution in [0.2, 0.25) is 0 Å². The van der Waals surface area contributed by atoms with Crippen molar-refractivity contribution in [2.24, 2.45) is 4.99 Å². The third-order valence-electron chi connectivity index (χ3n) is 9.02. The molecule has 8 nitrogen and oxygen atoms in total. The second-order valence-corrected chi connectivity index (χ2v) is 13.1. The van der Waals surface area contributed by atoms with Crippen LogP contribution in [0.25, 0.3) is 22.9 Å². The van der Waals surface area contributed by atoms with Gasteiger partial charge in [0.1, 0.15) is 17.5 Å². The van der Waals surface area contributed by atoms with Crippen molar-refractivity contribution in [1.29, 1.82) is 0 Å². The van der Waals surface area contributed by atoms with Crippen LogP contribution < -0.4 is 29.7 Å². The highest BCUT2D eigenvalue weighted by molar-refractivity contribution is 7.07. The zero-order chi connectivity index (χ0) is 34.9. The largest absolute Gasteiger partial charge is 0.497 e. The number of benzene rings is 4. The molecule has 4 aromatic carbocycles. The Balaban J connectivity index is 1.33. The van der Waals surface area contributed by atoms with Gasteiger partial charge < -0.3 is 19.4 Å². The van der Waals surface area contributed by atoms with E-state index in [1.165, 1.54) is 11.3 Å². The number of nitrogens with zero attached hydrogens (tertiary/aromatic N) is 3. The molecule has 7 rings (SSSR count). The molecule has 0 bridgehead atoms. The van der Waals surface area contributed by atoms with Gasteiger partial charge >= 0.3 is 0 Å². The second kappa shape index (κ2) is 13.5. The summed E-state index contributed by atoms with van der Waals surface area (Å²) in [6.45, 7) is 5.92. The van der Waals surface area contributed by atoms with Crippen LogP contribution in [0.5, 0.6) is 11.5 Å². The van der Waals surface area contributed by atoms with Gasteiger partial charge in [-0.25, -0.2) is 4.99 Å². The van der Waals surface area contributed by atoms with Crippen LogP contribution in [-0.2, 0) is 4.79 Å². The number of hydrogen-bond donors (Lipinski definition) is 1. The van der Waals surface area contributed by atoms with E-state index in [9.17, 15) is 9.59 Å². The monoisotopic (exact) mass is 680 g/mol. The summed E-state index contributed by atoms with van der Waals surface area (Å²) in [6, 6.07) is 34.7. The van der Waals surface area contributed by atoms with Gasteiger partial charge in [-0.05, 0) is 86.0 Å². The number of ether oxygens (including phenoxy) is 2. The summed E-state index contributed by atoms with van der Waals surface area (Å²) in [5, 5.41) is 3.00. The van der Waals surface area contributed by atoms with Gasteiger partial charge in [-0.3, -0.25) is 14.2 Å². The number of nitrogens with one attached hydrogen (secondary N) is 1. The summed E-state index contributed by atoms with van der Waals surface area (Å²) >= 11 is 1.30.